The molecule has 0 bridgehead atoms. The number of nitro benzene ring substituents is 1. The van der Waals surface area contributed by atoms with Crippen molar-refractivity contribution >= 4 is 46.3 Å². The molecule has 0 atom stereocenters. The van der Waals surface area contributed by atoms with Crippen molar-refractivity contribution in [2.45, 2.75) is 6.54 Å². The third-order valence-electron chi connectivity index (χ3n) is 4.69. The topological polar surface area (TPSA) is 103 Å². The molecule has 10 heteroatoms. The van der Waals surface area contributed by atoms with Crippen LogP contribution in [0.25, 0.3) is 17.4 Å². The first-order valence-corrected chi connectivity index (χ1v) is 10.5. The Hall–Kier alpha value is -3.56. The summed E-state index contributed by atoms with van der Waals surface area (Å²) in [5.74, 6) is 1.01. The summed E-state index contributed by atoms with van der Waals surface area (Å²) in [6.45, 7) is 0.0170. The number of hydrogen-bond donors (Lipinski definition) is 0. The zero-order chi connectivity index (χ0) is 22.8. The van der Waals surface area contributed by atoms with Gasteiger partial charge in [-0.1, -0.05) is 23.7 Å². The number of carbonyl (C=O) groups is 2. The normalized spacial score (nSPS) is 14.9. The van der Waals surface area contributed by atoms with Gasteiger partial charge >= 0.3 is 0 Å². The van der Waals surface area contributed by atoms with E-state index in [1.807, 2.05) is 0 Å². The van der Waals surface area contributed by atoms with Crippen LogP contribution in [0.15, 0.2) is 63.9 Å². The summed E-state index contributed by atoms with van der Waals surface area (Å²) in [6.07, 6.45) is 1.50. The van der Waals surface area contributed by atoms with Gasteiger partial charge in [0.2, 0.25) is 0 Å². The molecule has 0 saturated carbocycles. The van der Waals surface area contributed by atoms with Gasteiger partial charge in [-0.3, -0.25) is 24.6 Å². The quantitative estimate of drug-likeness (QED) is 0.256. The van der Waals surface area contributed by atoms with Gasteiger partial charge in [-0.25, -0.2) is 0 Å². The minimum absolute atomic E-state index is 0.0170. The number of imide groups is 1. The van der Waals surface area contributed by atoms with E-state index in [-0.39, 0.29) is 17.1 Å². The van der Waals surface area contributed by atoms with Crippen molar-refractivity contribution in [2.24, 2.45) is 0 Å². The number of nitro groups is 1. The van der Waals surface area contributed by atoms with E-state index >= 15 is 0 Å². The lowest BCUT2D eigenvalue weighted by Crippen LogP contribution is -2.27. The Balaban J connectivity index is 1.53. The van der Waals surface area contributed by atoms with Gasteiger partial charge in [-0.2, -0.15) is 0 Å². The highest BCUT2D eigenvalue weighted by atomic mass is 35.5. The van der Waals surface area contributed by atoms with Gasteiger partial charge in [0.25, 0.3) is 16.8 Å². The van der Waals surface area contributed by atoms with Crippen molar-refractivity contribution in [3.05, 3.63) is 86.0 Å². The molecule has 1 saturated heterocycles. The lowest BCUT2D eigenvalue weighted by molar-refractivity contribution is -0.384. The average molecular weight is 471 g/mol. The number of rotatable bonds is 6. The molecular formula is C22H15ClN2O6S. The molecule has 162 valence electrons. The maximum atomic E-state index is 12.8. The summed E-state index contributed by atoms with van der Waals surface area (Å²) in [6, 6.07) is 14.2. The van der Waals surface area contributed by atoms with Crippen LogP contribution in [0.1, 0.15) is 11.3 Å². The number of amides is 2. The van der Waals surface area contributed by atoms with Crippen LogP contribution in [-0.4, -0.2) is 28.1 Å². The summed E-state index contributed by atoms with van der Waals surface area (Å²) in [5, 5.41) is 10.9. The predicted octanol–water partition coefficient (Wildman–Crippen LogP) is 5.75. The van der Waals surface area contributed by atoms with Gasteiger partial charge in [0.1, 0.15) is 17.3 Å². The Morgan fingerprint density at radius 3 is 2.59 bits per heavy atom. The molecule has 0 aliphatic carbocycles. The van der Waals surface area contributed by atoms with Crippen LogP contribution in [0, 0.1) is 10.1 Å². The van der Waals surface area contributed by atoms with Gasteiger partial charge in [-0.15, -0.1) is 0 Å². The highest BCUT2D eigenvalue weighted by molar-refractivity contribution is 8.18. The Labute approximate surface area is 191 Å². The fraction of sp³-hybridized carbons (Fsp3) is 0.0909. The second-order valence-electron chi connectivity index (χ2n) is 6.74. The Morgan fingerprint density at radius 1 is 1.16 bits per heavy atom. The van der Waals surface area contributed by atoms with Crippen LogP contribution < -0.4 is 4.74 Å². The van der Waals surface area contributed by atoms with Crippen molar-refractivity contribution in [1.29, 1.82) is 0 Å². The van der Waals surface area contributed by atoms with Gasteiger partial charge < -0.3 is 9.15 Å². The van der Waals surface area contributed by atoms with E-state index in [0.29, 0.717) is 33.4 Å². The van der Waals surface area contributed by atoms with Crippen LogP contribution in [0.4, 0.5) is 10.5 Å². The van der Waals surface area contributed by atoms with Crippen LogP contribution in [0.3, 0.4) is 0 Å². The highest BCUT2D eigenvalue weighted by Gasteiger charge is 2.35. The SMILES string of the molecule is COc1ccc(Cl)cc1-c1ccc(/C=C2/SC(=O)N(Cc3ccc([N+](=O)[O-])cc3)C2=O)o1. The third kappa shape index (κ3) is 4.39. The van der Waals surface area contributed by atoms with Gasteiger partial charge in [0.05, 0.1) is 29.0 Å². The van der Waals surface area contributed by atoms with E-state index in [1.165, 1.54) is 37.5 Å². The first-order valence-electron chi connectivity index (χ1n) is 9.28. The lowest BCUT2D eigenvalue weighted by atomic mass is 10.1. The molecule has 3 aromatic rings. The van der Waals surface area contributed by atoms with Gasteiger partial charge in [0.15, 0.2) is 0 Å². The van der Waals surface area contributed by atoms with Crippen molar-refractivity contribution < 1.29 is 23.7 Å². The number of non-ortho nitro benzene ring substituents is 1. The molecule has 1 fully saturated rings. The third-order valence-corrected chi connectivity index (χ3v) is 5.83. The molecule has 32 heavy (non-hydrogen) atoms. The molecule has 0 N–H and O–H groups in total. The van der Waals surface area contributed by atoms with Crippen molar-refractivity contribution in [2.75, 3.05) is 7.11 Å². The number of methoxy groups -OCH3 is 1. The molecule has 4 rings (SSSR count). The van der Waals surface area contributed by atoms with E-state index in [4.69, 9.17) is 20.8 Å². The van der Waals surface area contributed by atoms with Gasteiger partial charge in [0, 0.05) is 23.2 Å². The minimum Gasteiger partial charge on any atom is -0.496 e. The maximum Gasteiger partial charge on any atom is 0.293 e. The minimum atomic E-state index is -0.511. The molecule has 2 amide bonds. The molecule has 0 spiro atoms. The zero-order valence-electron chi connectivity index (χ0n) is 16.6. The summed E-state index contributed by atoms with van der Waals surface area (Å²) in [5.41, 5.74) is 1.20. The molecule has 8 nitrogen and oxygen atoms in total. The summed E-state index contributed by atoms with van der Waals surface area (Å²) in [7, 11) is 1.54. The first kappa shape index (κ1) is 21.7. The number of furan rings is 1. The number of thioether (sulfide) groups is 1. The number of halogens is 1. The second-order valence-corrected chi connectivity index (χ2v) is 8.17. The molecule has 1 aliphatic rings. The van der Waals surface area contributed by atoms with E-state index in [2.05, 4.69) is 0 Å². The molecule has 2 heterocycles. The van der Waals surface area contributed by atoms with E-state index < -0.39 is 16.1 Å². The molecular weight excluding hydrogens is 456 g/mol. The van der Waals surface area contributed by atoms with Crippen LogP contribution in [-0.2, 0) is 11.3 Å². The van der Waals surface area contributed by atoms with Crippen LogP contribution in [0.5, 0.6) is 5.75 Å². The van der Waals surface area contributed by atoms with E-state index in [1.54, 1.807) is 30.3 Å². The molecule has 0 radical (unpaired) electrons. The molecule has 0 unspecified atom stereocenters. The largest absolute Gasteiger partial charge is 0.496 e. The van der Waals surface area contributed by atoms with Gasteiger partial charge in [-0.05, 0) is 47.7 Å². The summed E-state index contributed by atoms with van der Waals surface area (Å²) in [4.78, 5) is 36.7. The Bertz CT molecular complexity index is 1250. The standard InChI is InChI=1S/C22H15ClN2O6S/c1-30-18-8-4-14(23)10-17(18)19-9-7-16(31-19)11-20-21(26)24(22(27)32-20)12-13-2-5-15(6-3-13)25(28)29/h2-11H,12H2,1H3/b20-11+. The smallest absolute Gasteiger partial charge is 0.293 e. The summed E-state index contributed by atoms with van der Waals surface area (Å²) < 4.78 is 11.2. The average Bonchev–Trinajstić information content (AvgIpc) is 3.34. The van der Waals surface area contributed by atoms with Crippen molar-refractivity contribution in [1.82, 2.24) is 4.90 Å². The highest BCUT2D eigenvalue weighted by Crippen LogP contribution is 2.36. The zero-order valence-corrected chi connectivity index (χ0v) is 18.2. The lowest BCUT2D eigenvalue weighted by Gasteiger charge is -2.12. The molecule has 1 aromatic heterocycles. The first-order chi connectivity index (χ1) is 15.4. The maximum absolute atomic E-state index is 12.8. The van der Waals surface area contributed by atoms with Crippen molar-refractivity contribution in [3.8, 4) is 17.1 Å². The Morgan fingerprint density at radius 2 is 1.91 bits per heavy atom. The van der Waals surface area contributed by atoms with E-state index in [9.17, 15) is 19.7 Å². The molecule has 2 aromatic carbocycles. The molecule has 1 aliphatic heterocycles. The second kappa shape index (κ2) is 8.89. The van der Waals surface area contributed by atoms with Crippen molar-refractivity contribution in [3.63, 3.8) is 0 Å². The van der Waals surface area contributed by atoms with E-state index in [0.717, 1.165) is 16.7 Å². The number of carbonyl (C=O) groups excluding carboxylic acids is 2. The fourth-order valence-corrected chi connectivity index (χ4v) is 4.11. The van der Waals surface area contributed by atoms with Crippen LogP contribution in [0.2, 0.25) is 5.02 Å². The monoisotopic (exact) mass is 470 g/mol. The number of hydrogen-bond acceptors (Lipinski definition) is 7. The summed E-state index contributed by atoms with van der Waals surface area (Å²) >= 11 is 6.88. The number of ether oxygens (including phenoxy) is 1. The number of benzene rings is 2. The van der Waals surface area contributed by atoms with Crippen LogP contribution >= 0.6 is 23.4 Å². The Kier molecular flexibility index (Phi) is 6.02. The fourth-order valence-electron chi connectivity index (χ4n) is 3.12. The number of nitrogens with zero attached hydrogens (tertiary/aromatic N) is 2. The predicted molar refractivity (Wildman–Crippen MR) is 120 cm³/mol.